The predicted molar refractivity (Wildman–Crippen MR) is 115 cm³/mol. The summed E-state index contributed by atoms with van der Waals surface area (Å²) in [5.74, 6) is 0.0451. The number of carbonyl (C=O) groups is 1. The molecule has 150 valence electrons. The number of ether oxygens (including phenoxy) is 2. The Kier molecular flexibility index (Phi) is 6.86. The fourth-order valence-corrected chi connectivity index (χ4v) is 3.29. The largest absolute Gasteiger partial charge is 0.493 e. The molecule has 0 aliphatic heterocycles. The highest BCUT2D eigenvalue weighted by molar-refractivity contribution is 6.33. The first-order valence-electron chi connectivity index (χ1n) is 8.77. The molecule has 3 rings (SSSR count). The van der Waals surface area contributed by atoms with Gasteiger partial charge in [0.2, 0.25) is 0 Å². The third-order valence-electron chi connectivity index (χ3n) is 4.22. The monoisotopic (exact) mass is 431 g/mol. The molecule has 0 heterocycles. The van der Waals surface area contributed by atoms with Gasteiger partial charge in [-0.1, -0.05) is 53.5 Å². The van der Waals surface area contributed by atoms with Crippen molar-refractivity contribution < 1.29 is 19.4 Å². The minimum atomic E-state index is -1.07. The number of hydrogen-bond donors (Lipinski definition) is 2. The van der Waals surface area contributed by atoms with Crippen molar-refractivity contribution in [1.29, 1.82) is 0 Å². The molecule has 0 bridgehead atoms. The summed E-state index contributed by atoms with van der Waals surface area (Å²) in [5, 5.41) is 13.0. The highest BCUT2D eigenvalue weighted by Gasteiger charge is 2.14. The number of halogens is 2. The lowest BCUT2D eigenvalue weighted by atomic mass is 10.1. The Balaban J connectivity index is 1.81. The van der Waals surface area contributed by atoms with Crippen molar-refractivity contribution in [3.05, 3.63) is 87.4 Å². The fraction of sp³-hybridized carbons (Fsp3) is 0.136. The maximum absolute atomic E-state index is 11.1. The molecular formula is C22H19Cl2NO4. The molecule has 0 aliphatic rings. The second kappa shape index (κ2) is 9.54. The molecule has 0 saturated heterocycles. The molecule has 0 radical (unpaired) electrons. The Labute approximate surface area is 178 Å². The Morgan fingerprint density at radius 3 is 2.48 bits per heavy atom. The van der Waals surface area contributed by atoms with E-state index in [2.05, 4.69) is 5.32 Å². The van der Waals surface area contributed by atoms with Crippen LogP contribution >= 0.6 is 23.2 Å². The summed E-state index contributed by atoms with van der Waals surface area (Å²) >= 11 is 12.3. The molecule has 0 fully saturated rings. The van der Waals surface area contributed by atoms with E-state index >= 15 is 0 Å². The first-order chi connectivity index (χ1) is 14.0. The lowest BCUT2D eigenvalue weighted by molar-refractivity contribution is 0.0697. The molecule has 7 heteroatoms. The van der Waals surface area contributed by atoms with E-state index in [1.54, 1.807) is 31.4 Å². The molecule has 0 amide bonds. The highest BCUT2D eigenvalue weighted by atomic mass is 35.5. The molecule has 3 aromatic carbocycles. The van der Waals surface area contributed by atoms with Gasteiger partial charge in [-0.05, 0) is 29.8 Å². The van der Waals surface area contributed by atoms with Crippen LogP contribution in [0.5, 0.6) is 11.5 Å². The van der Waals surface area contributed by atoms with Gasteiger partial charge < -0.3 is 19.9 Å². The highest BCUT2D eigenvalue weighted by Crippen LogP contribution is 2.36. The predicted octanol–water partition coefficient (Wildman–Crippen LogP) is 5.89. The third-order valence-corrected chi connectivity index (χ3v) is 4.76. The quantitative estimate of drug-likeness (QED) is 0.465. The first-order valence-corrected chi connectivity index (χ1v) is 9.53. The number of rotatable bonds is 8. The number of methoxy groups -OCH3 is 1. The Bertz CT molecular complexity index is 1010. The molecule has 0 aliphatic carbocycles. The zero-order valence-electron chi connectivity index (χ0n) is 15.6. The summed E-state index contributed by atoms with van der Waals surface area (Å²) in [6.45, 7) is 0.759. The molecule has 0 atom stereocenters. The van der Waals surface area contributed by atoms with Crippen LogP contribution in [-0.2, 0) is 13.2 Å². The van der Waals surface area contributed by atoms with E-state index in [9.17, 15) is 4.79 Å². The Hall–Kier alpha value is -2.89. The maximum Gasteiger partial charge on any atom is 0.337 e. The second-order valence-corrected chi connectivity index (χ2v) is 7.07. The second-order valence-electron chi connectivity index (χ2n) is 6.22. The van der Waals surface area contributed by atoms with E-state index in [1.807, 2.05) is 30.3 Å². The summed E-state index contributed by atoms with van der Waals surface area (Å²) in [5.41, 5.74) is 2.55. The van der Waals surface area contributed by atoms with Crippen LogP contribution in [0.2, 0.25) is 10.0 Å². The van der Waals surface area contributed by atoms with Crippen molar-refractivity contribution in [2.75, 3.05) is 12.4 Å². The van der Waals surface area contributed by atoms with Crippen LogP contribution in [0.4, 0.5) is 5.69 Å². The summed E-state index contributed by atoms with van der Waals surface area (Å²) in [6.07, 6.45) is 0. The molecule has 3 aromatic rings. The minimum absolute atomic E-state index is 0.0496. The molecule has 0 spiro atoms. The molecule has 2 N–H and O–H groups in total. The molecule has 0 unspecified atom stereocenters. The van der Waals surface area contributed by atoms with Gasteiger partial charge >= 0.3 is 5.97 Å². The number of benzene rings is 3. The number of aromatic carboxylic acids is 1. The van der Waals surface area contributed by atoms with Crippen molar-refractivity contribution in [1.82, 2.24) is 0 Å². The smallest absolute Gasteiger partial charge is 0.337 e. The topological polar surface area (TPSA) is 67.8 Å². The first kappa shape index (κ1) is 20.8. The van der Waals surface area contributed by atoms with Gasteiger partial charge in [0, 0.05) is 28.9 Å². The van der Waals surface area contributed by atoms with Crippen molar-refractivity contribution in [2.24, 2.45) is 0 Å². The lowest BCUT2D eigenvalue weighted by Crippen LogP contribution is -2.06. The van der Waals surface area contributed by atoms with E-state index < -0.39 is 5.97 Å². The summed E-state index contributed by atoms with van der Waals surface area (Å²) in [7, 11) is 1.56. The normalized spacial score (nSPS) is 10.4. The van der Waals surface area contributed by atoms with Crippen LogP contribution in [0.15, 0.2) is 60.7 Å². The van der Waals surface area contributed by atoms with E-state index in [0.29, 0.717) is 35.4 Å². The van der Waals surface area contributed by atoms with Gasteiger partial charge in [0.25, 0.3) is 0 Å². The molecule has 29 heavy (non-hydrogen) atoms. The average molecular weight is 432 g/mol. The van der Waals surface area contributed by atoms with Crippen LogP contribution in [-0.4, -0.2) is 18.2 Å². The van der Waals surface area contributed by atoms with Crippen molar-refractivity contribution >= 4 is 34.9 Å². The fourth-order valence-electron chi connectivity index (χ4n) is 2.79. The summed E-state index contributed by atoms with van der Waals surface area (Å²) in [4.78, 5) is 11.1. The van der Waals surface area contributed by atoms with Gasteiger partial charge in [0.1, 0.15) is 6.61 Å². The van der Waals surface area contributed by atoms with E-state index in [-0.39, 0.29) is 10.6 Å². The zero-order valence-corrected chi connectivity index (χ0v) is 17.1. The maximum atomic E-state index is 11.1. The number of nitrogens with one attached hydrogen (secondary N) is 1. The van der Waals surface area contributed by atoms with E-state index in [1.165, 1.54) is 6.07 Å². The molecular weight excluding hydrogens is 413 g/mol. The minimum Gasteiger partial charge on any atom is -0.493 e. The lowest BCUT2D eigenvalue weighted by Gasteiger charge is -2.17. The standard InChI is InChI=1S/C22H19Cl2NO4/c1-28-20-10-16(23)9-15(21(20)29-13-14-5-3-2-4-6-14)12-25-17-7-8-18(22(26)27)19(24)11-17/h2-11,25H,12-13H2,1H3,(H,26,27). The van der Waals surface area contributed by atoms with Gasteiger partial charge in [-0.25, -0.2) is 4.79 Å². The summed E-state index contributed by atoms with van der Waals surface area (Å²) < 4.78 is 11.5. The number of carboxylic acids is 1. The van der Waals surface area contributed by atoms with Gasteiger partial charge in [-0.2, -0.15) is 0 Å². The van der Waals surface area contributed by atoms with Crippen LogP contribution in [0.1, 0.15) is 21.5 Å². The van der Waals surface area contributed by atoms with E-state index in [0.717, 1.165) is 11.1 Å². The van der Waals surface area contributed by atoms with Crippen molar-refractivity contribution in [3.63, 3.8) is 0 Å². The van der Waals surface area contributed by atoms with Gasteiger partial charge in [-0.15, -0.1) is 0 Å². The molecule has 0 aromatic heterocycles. The number of carboxylic acid groups (broad SMARTS) is 1. The van der Waals surface area contributed by atoms with Crippen LogP contribution in [0, 0.1) is 0 Å². The van der Waals surface area contributed by atoms with Crippen LogP contribution in [0.3, 0.4) is 0 Å². The van der Waals surface area contributed by atoms with Crippen molar-refractivity contribution in [3.8, 4) is 11.5 Å². The SMILES string of the molecule is COc1cc(Cl)cc(CNc2ccc(C(=O)O)c(Cl)c2)c1OCc1ccccc1. The van der Waals surface area contributed by atoms with Gasteiger partial charge in [0.05, 0.1) is 17.7 Å². The van der Waals surface area contributed by atoms with Crippen molar-refractivity contribution in [2.45, 2.75) is 13.2 Å². The average Bonchev–Trinajstić information content (AvgIpc) is 2.71. The van der Waals surface area contributed by atoms with E-state index in [4.69, 9.17) is 37.8 Å². The number of hydrogen-bond acceptors (Lipinski definition) is 4. The molecule has 0 saturated carbocycles. The van der Waals surface area contributed by atoms with Crippen LogP contribution in [0.25, 0.3) is 0 Å². The third kappa shape index (κ3) is 5.34. The summed E-state index contributed by atoms with van der Waals surface area (Å²) in [6, 6.07) is 18.0. The zero-order chi connectivity index (χ0) is 20.8. The van der Waals surface area contributed by atoms with Gasteiger partial charge in [0.15, 0.2) is 11.5 Å². The van der Waals surface area contributed by atoms with Crippen LogP contribution < -0.4 is 14.8 Å². The Morgan fingerprint density at radius 2 is 1.83 bits per heavy atom. The Morgan fingerprint density at radius 1 is 1.07 bits per heavy atom. The van der Waals surface area contributed by atoms with Gasteiger partial charge in [-0.3, -0.25) is 0 Å². The number of anilines is 1. The molecule has 5 nitrogen and oxygen atoms in total.